The summed E-state index contributed by atoms with van der Waals surface area (Å²) < 4.78 is 37.1. The van der Waals surface area contributed by atoms with Gasteiger partial charge in [0, 0.05) is 11.8 Å². The summed E-state index contributed by atoms with van der Waals surface area (Å²) in [7, 11) is 0. The molecule has 4 N–H and O–H groups in total. The minimum Gasteiger partial charge on any atom is -0.396 e. The van der Waals surface area contributed by atoms with Gasteiger partial charge >= 0.3 is 6.18 Å². The molecule has 0 fully saturated rings. The van der Waals surface area contributed by atoms with E-state index in [1.807, 2.05) is 5.43 Å². The van der Waals surface area contributed by atoms with Gasteiger partial charge in [0.2, 0.25) is 5.82 Å². The third-order valence-electron chi connectivity index (χ3n) is 1.45. The average molecular weight is 254 g/mol. The fraction of sp³-hybridized carbons (Fsp3) is 0.429. The quantitative estimate of drug-likeness (QED) is 0.320. The summed E-state index contributed by atoms with van der Waals surface area (Å²) in [5, 5.41) is 8.66. The zero-order valence-corrected chi connectivity index (χ0v) is 8.77. The van der Waals surface area contributed by atoms with Crippen LogP contribution in [-0.2, 0) is 6.18 Å². The number of nitrogens with one attached hydrogen (secondary N) is 1. The molecule has 1 heterocycles. The van der Waals surface area contributed by atoms with E-state index in [0.717, 1.165) is 11.8 Å². The normalized spacial score (nSPS) is 11.6. The number of aliphatic hydroxyl groups is 1. The number of hydrazine groups is 1. The van der Waals surface area contributed by atoms with Gasteiger partial charge in [-0.15, -0.1) is 11.8 Å². The van der Waals surface area contributed by atoms with Gasteiger partial charge in [-0.1, -0.05) is 0 Å². The second-order valence-corrected chi connectivity index (χ2v) is 3.74. The van der Waals surface area contributed by atoms with E-state index in [2.05, 4.69) is 9.97 Å². The molecule has 9 heteroatoms. The Bertz CT molecular complexity index is 360. The summed E-state index contributed by atoms with van der Waals surface area (Å²) in [6.07, 6.45) is -4.62. The van der Waals surface area contributed by atoms with Crippen molar-refractivity contribution in [2.75, 3.05) is 17.8 Å². The van der Waals surface area contributed by atoms with Crippen LogP contribution in [0, 0.1) is 0 Å². The zero-order valence-electron chi connectivity index (χ0n) is 7.95. The van der Waals surface area contributed by atoms with E-state index in [1.165, 1.54) is 6.07 Å². The van der Waals surface area contributed by atoms with Crippen LogP contribution in [0.25, 0.3) is 0 Å². The second-order valence-electron chi connectivity index (χ2n) is 2.63. The summed E-state index contributed by atoms with van der Waals surface area (Å²) in [4.78, 5) is 6.49. The summed E-state index contributed by atoms with van der Waals surface area (Å²) in [6, 6.07) is 1.27. The topological polar surface area (TPSA) is 84.1 Å². The summed E-state index contributed by atoms with van der Waals surface area (Å²) in [5.41, 5.74) is 2.03. The average Bonchev–Trinajstić information content (AvgIpc) is 2.24. The number of aliphatic hydroxyl groups excluding tert-OH is 1. The van der Waals surface area contributed by atoms with E-state index in [0.29, 0.717) is 0 Å². The molecule has 0 aromatic carbocycles. The zero-order chi connectivity index (χ0) is 12.2. The third-order valence-corrected chi connectivity index (χ3v) is 2.34. The fourth-order valence-corrected chi connectivity index (χ4v) is 1.50. The molecule has 0 atom stereocenters. The van der Waals surface area contributed by atoms with E-state index < -0.39 is 12.0 Å². The molecule has 0 saturated carbocycles. The van der Waals surface area contributed by atoms with Crippen LogP contribution in [0.2, 0.25) is 0 Å². The molecular formula is C7H9F3N4OS. The second kappa shape index (κ2) is 5.32. The Morgan fingerprint density at radius 2 is 2.12 bits per heavy atom. The summed E-state index contributed by atoms with van der Waals surface area (Å²) >= 11 is 0.984. The van der Waals surface area contributed by atoms with Crippen molar-refractivity contribution in [1.29, 1.82) is 0 Å². The molecule has 1 rings (SSSR count). The molecule has 5 nitrogen and oxygen atoms in total. The molecule has 1 aromatic rings. The van der Waals surface area contributed by atoms with Gasteiger partial charge in [0.25, 0.3) is 0 Å². The van der Waals surface area contributed by atoms with Gasteiger partial charge in [0.05, 0.1) is 6.61 Å². The Kier molecular flexibility index (Phi) is 4.33. The molecule has 0 saturated heterocycles. The largest absolute Gasteiger partial charge is 0.451 e. The Labute approximate surface area is 93.2 Å². The van der Waals surface area contributed by atoms with Crippen molar-refractivity contribution in [3.05, 3.63) is 11.9 Å². The number of hydrogen-bond acceptors (Lipinski definition) is 6. The van der Waals surface area contributed by atoms with Crippen LogP contribution in [0.1, 0.15) is 5.82 Å². The number of halogens is 3. The molecular weight excluding hydrogens is 245 g/mol. The van der Waals surface area contributed by atoms with Crippen molar-refractivity contribution in [1.82, 2.24) is 9.97 Å². The SMILES string of the molecule is NNc1cc(SCCO)nc(C(F)(F)F)n1. The highest BCUT2D eigenvalue weighted by atomic mass is 32.2. The summed E-state index contributed by atoms with van der Waals surface area (Å²) in [6.45, 7) is -0.151. The van der Waals surface area contributed by atoms with Crippen LogP contribution in [0.3, 0.4) is 0 Å². The van der Waals surface area contributed by atoms with Gasteiger partial charge in [0.1, 0.15) is 10.8 Å². The van der Waals surface area contributed by atoms with E-state index in [4.69, 9.17) is 10.9 Å². The number of nitrogens with two attached hydrogens (primary N) is 1. The molecule has 0 aliphatic heterocycles. The van der Waals surface area contributed by atoms with E-state index in [1.54, 1.807) is 0 Å². The standard InChI is InChI=1S/C7H9F3N4OS/c8-7(9,10)6-12-4(14-11)3-5(13-6)16-2-1-15/h3,15H,1-2,11H2,(H,12,13,14). The van der Waals surface area contributed by atoms with E-state index in [-0.39, 0.29) is 23.2 Å². The molecule has 0 radical (unpaired) electrons. The molecule has 0 aliphatic rings. The first-order chi connectivity index (χ1) is 7.47. The van der Waals surface area contributed by atoms with Gasteiger partial charge in [-0.3, -0.25) is 0 Å². The van der Waals surface area contributed by atoms with Crippen LogP contribution in [0.4, 0.5) is 19.0 Å². The van der Waals surface area contributed by atoms with Crippen LogP contribution in [0.5, 0.6) is 0 Å². The monoisotopic (exact) mass is 254 g/mol. The van der Waals surface area contributed by atoms with Gasteiger partial charge in [-0.05, 0) is 0 Å². The molecule has 0 amide bonds. The van der Waals surface area contributed by atoms with Gasteiger partial charge in [0.15, 0.2) is 0 Å². The number of anilines is 1. The summed E-state index contributed by atoms with van der Waals surface area (Å²) in [5.74, 6) is 3.86. The predicted molar refractivity (Wildman–Crippen MR) is 52.7 cm³/mol. The molecule has 0 bridgehead atoms. The van der Waals surface area contributed by atoms with Gasteiger partial charge < -0.3 is 10.5 Å². The Morgan fingerprint density at radius 3 is 2.62 bits per heavy atom. The van der Waals surface area contributed by atoms with Gasteiger partial charge in [-0.2, -0.15) is 13.2 Å². The maximum Gasteiger partial charge on any atom is 0.451 e. The van der Waals surface area contributed by atoms with Crippen molar-refractivity contribution in [3.63, 3.8) is 0 Å². The number of hydrogen-bond donors (Lipinski definition) is 3. The number of alkyl halides is 3. The smallest absolute Gasteiger partial charge is 0.396 e. The highest BCUT2D eigenvalue weighted by Gasteiger charge is 2.35. The lowest BCUT2D eigenvalue weighted by molar-refractivity contribution is -0.145. The molecule has 0 aliphatic carbocycles. The van der Waals surface area contributed by atoms with E-state index >= 15 is 0 Å². The maximum atomic E-state index is 12.4. The minimum atomic E-state index is -4.62. The first kappa shape index (κ1) is 13.0. The third kappa shape index (κ3) is 3.51. The number of rotatable bonds is 4. The molecule has 90 valence electrons. The molecule has 16 heavy (non-hydrogen) atoms. The van der Waals surface area contributed by atoms with Crippen molar-refractivity contribution >= 4 is 17.6 Å². The Balaban J connectivity index is 3.01. The number of nitrogens with zero attached hydrogens (tertiary/aromatic N) is 2. The molecule has 1 aromatic heterocycles. The lowest BCUT2D eigenvalue weighted by Gasteiger charge is -2.08. The highest BCUT2D eigenvalue weighted by Crippen LogP contribution is 2.29. The first-order valence-electron chi connectivity index (χ1n) is 4.14. The van der Waals surface area contributed by atoms with Crippen LogP contribution >= 0.6 is 11.8 Å². The lowest BCUT2D eigenvalue weighted by Crippen LogP contribution is -2.16. The van der Waals surface area contributed by atoms with Crippen LogP contribution < -0.4 is 11.3 Å². The lowest BCUT2D eigenvalue weighted by atomic mass is 10.5. The van der Waals surface area contributed by atoms with E-state index in [9.17, 15) is 13.2 Å². The van der Waals surface area contributed by atoms with Crippen molar-refractivity contribution in [2.45, 2.75) is 11.2 Å². The Hall–Kier alpha value is -1.06. The first-order valence-corrected chi connectivity index (χ1v) is 5.12. The number of aromatic nitrogens is 2. The van der Waals surface area contributed by atoms with Crippen LogP contribution in [-0.4, -0.2) is 27.4 Å². The maximum absolute atomic E-state index is 12.4. The van der Waals surface area contributed by atoms with Crippen molar-refractivity contribution in [3.8, 4) is 0 Å². The van der Waals surface area contributed by atoms with Crippen molar-refractivity contribution in [2.24, 2.45) is 5.84 Å². The van der Waals surface area contributed by atoms with Crippen molar-refractivity contribution < 1.29 is 18.3 Å². The fourth-order valence-electron chi connectivity index (χ4n) is 0.850. The molecule has 0 spiro atoms. The predicted octanol–water partition coefficient (Wildman–Crippen LogP) is 0.865. The highest BCUT2D eigenvalue weighted by molar-refractivity contribution is 7.99. The number of nitrogen functional groups attached to an aromatic ring is 1. The number of thioether (sulfide) groups is 1. The Morgan fingerprint density at radius 1 is 1.44 bits per heavy atom. The minimum absolute atomic E-state index is 0.101. The van der Waals surface area contributed by atoms with Gasteiger partial charge in [-0.25, -0.2) is 15.8 Å². The molecule has 0 unspecified atom stereocenters. The van der Waals surface area contributed by atoms with Crippen LogP contribution in [0.15, 0.2) is 11.1 Å².